The minimum Gasteiger partial charge on any atom is -0.423 e. The highest BCUT2D eigenvalue weighted by Crippen LogP contribution is 2.30. The molecule has 0 aliphatic rings. The molecule has 160 valence electrons. The van der Waals surface area contributed by atoms with Gasteiger partial charge in [0.2, 0.25) is 0 Å². The van der Waals surface area contributed by atoms with Crippen LogP contribution < -0.4 is 9.04 Å². The summed E-state index contributed by atoms with van der Waals surface area (Å²) in [7, 11) is -4.14. The number of anilines is 1. The Morgan fingerprint density at radius 2 is 1.31 bits per heavy atom. The van der Waals surface area contributed by atoms with E-state index in [0.29, 0.717) is 5.56 Å². The van der Waals surface area contributed by atoms with Gasteiger partial charge in [-0.05, 0) is 60.0 Å². The van der Waals surface area contributed by atoms with Crippen molar-refractivity contribution in [3.63, 3.8) is 0 Å². The lowest BCUT2D eigenvalue weighted by molar-refractivity contribution is 0.0734. The molecule has 0 fully saturated rings. The quantitative estimate of drug-likeness (QED) is 0.297. The van der Waals surface area contributed by atoms with E-state index in [1.54, 1.807) is 72.1 Å². The van der Waals surface area contributed by atoms with E-state index in [2.05, 4.69) is 0 Å². The van der Waals surface area contributed by atoms with Gasteiger partial charge in [0.25, 0.3) is 15.9 Å². The molecular formula is C24H17NO5S2. The average Bonchev–Trinajstić information content (AvgIpc) is 3.37. The predicted octanol–water partition coefficient (Wildman–Crippen LogP) is 5.00. The summed E-state index contributed by atoms with van der Waals surface area (Å²) >= 11 is 1.02. The van der Waals surface area contributed by atoms with Gasteiger partial charge in [-0.25, -0.2) is 4.79 Å². The molecule has 0 saturated heterocycles. The third kappa shape index (κ3) is 4.46. The number of benzene rings is 3. The Balaban J connectivity index is 1.67. The first kappa shape index (κ1) is 21.5. The van der Waals surface area contributed by atoms with E-state index in [0.717, 1.165) is 15.6 Å². The van der Waals surface area contributed by atoms with E-state index < -0.39 is 21.9 Å². The molecule has 6 nitrogen and oxygen atoms in total. The second kappa shape index (κ2) is 9.17. The van der Waals surface area contributed by atoms with Gasteiger partial charge >= 0.3 is 5.97 Å². The maximum Gasteiger partial charge on any atom is 0.343 e. The molecule has 0 N–H and O–H groups in total. The van der Waals surface area contributed by atoms with Crippen LogP contribution in [0.15, 0.2) is 107 Å². The fourth-order valence-electron chi connectivity index (χ4n) is 2.95. The van der Waals surface area contributed by atoms with Crippen LogP contribution in [0.1, 0.15) is 20.7 Å². The van der Waals surface area contributed by atoms with Crippen molar-refractivity contribution in [1.82, 2.24) is 0 Å². The Morgan fingerprint density at radius 1 is 0.719 bits per heavy atom. The zero-order valence-electron chi connectivity index (χ0n) is 16.6. The molecule has 0 aliphatic carbocycles. The number of amides is 1. The van der Waals surface area contributed by atoms with Crippen LogP contribution in [0, 0.1) is 0 Å². The summed E-state index contributed by atoms with van der Waals surface area (Å²) in [5.74, 6) is -1.00. The molecule has 0 radical (unpaired) electrons. The molecule has 0 atom stereocenters. The molecule has 32 heavy (non-hydrogen) atoms. The average molecular weight is 464 g/mol. The Labute approximate surface area is 189 Å². The molecule has 1 heterocycles. The normalized spacial score (nSPS) is 11.0. The van der Waals surface area contributed by atoms with Gasteiger partial charge < -0.3 is 4.74 Å². The number of hydrogen-bond acceptors (Lipinski definition) is 6. The molecule has 0 bridgehead atoms. The molecule has 4 rings (SSSR count). The van der Waals surface area contributed by atoms with Gasteiger partial charge in [-0.3, -0.25) is 4.79 Å². The minimum absolute atomic E-state index is 0.0429. The SMILES string of the molecule is O=C(Oc1ccc(N(C(=O)c2ccccc2)S(=O)(=O)c2cccs2)cc1)c1ccccc1. The highest BCUT2D eigenvalue weighted by atomic mass is 32.2. The first-order chi connectivity index (χ1) is 15.5. The summed E-state index contributed by atoms with van der Waals surface area (Å²) in [5.41, 5.74) is 0.747. The fraction of sp³-hybridized carbons (Fsp3) is 0. The standard InChI is InChI=1S/C24H17NO5S2/c26-23(18-8-3-1-4-9-18)25(32(28,29)22-12-7-17-31-22)20-13-15-21(16-14-20)30-24(27)19-10-5-2-6-11-19/h1-17H. The molecular weight excluding hydrogens is 446 g/mol. The largest absolute Gasteiger partial charge is 0.423 e. The van der Waals surface area contributed by atoms with Crippen molar-refractivity contribution in [3.05, 3.63) is 114 Å². The van der Waals surface area contributed by atoms with Crippen LogP contribution in [0.2, 0.25) is 0 Å². The monoisotopic (exact) mass is 463 g/mol. The Morgan fingerprint density at radius 3 is 1.88 bits per heavy atom. The molecule has 0 spiro atoms. The summed E-state index contributed by atoms with van der Waals surface area (Å²) < 4.78 is 32.7. The zero-order valence-corrected chi connectivity index (χ0v) is 18.3. The fourth-order valence-corrected chi connectivity index (χ4v) is 5.43. The van der Waals surface area contributed by atoms with Crippen molar-refractivity contribution < 1.29 is 22.7 Å². The number of esters is 1. The van der Waals surface area contributed by atoms with Crippen LogP contribution in [0.5, 0.6) is 5.75 Å². The van der Waals surface area contributed by atoms with Crippen LogP contribution in [0.3, 0.4) is 0 Å². The maximum atomic E-state index is 13.3. The van der Waals surface area contributed by atoms with E-state index >= 15 is 0 Å². The molecule has 0 unspecified atom stereocenters. The molecule has 4 aromatic rings. The molecule has 1 amide bonds. The van der Waals surface area contributed by atoms with Crippen LogP contribution in [0.4, 0.5) is 5.69 Å². The van der Waals surface area contributed by atoms with Gasteiger partial charge in [-0.1, -0.05) is 42.5 Å². The number of ether oxygens (including phenoxy) is 1. The van der Waals surface area contributed by atoms with Crippen molar-refractivity contribution in [2.75, 3.05) is 4.31 Å². The number of carbonyl (C=O) groups is 2. The van der Waals surface area contributed by atoms with Gasteiger partial charge in [0.05, 0.1) is 11.3 Å². The minimum atomic E-state index is -4.14. The van der Waals surface area contributed by atoms with Crippen molar-refractivity contribution >= 4 is 38.9 Å². The van der Waals surface area contributed by atoms with E-state index in [1.165, 1.54) is 30.3 Å². The third-order valence-electron chi connectivity index (χ3n) is 4.49. The highest BCUT2D eigenvalue weighted by molar-refractivity contribution is 7.95. The van der Waals surface area contributed by atoms with Crippen molar-refractivity contribution in [2.24, 2.45) is 0 Å². The molecule has 3 aromatic carbocycles. The predicted molar refractivity (Wildman–Crippen MR) is 123 cm³/mol. The second-order valence-corrected chi connectivity index (χ2v) is 9.58. The number of sulfonamides is 1. The maximum absolute atomic E-state index is 13.3. The smallest absolute Gasteiger partial charge is 0.343 e. The van der Waals surface area contributed by atoms with Gasteiger partial charge in [-0.15, -0.1) is 11.3 Å². The number of rotatable bonds is 6. The lowest BCUT2D eigenvalue weighted by atomic mass is 10.2. The van der Waals surface area contributed by atoms with Crippen molar-refractivity contribution in [3.8, 4) is 5.75 Å². The third-order valence-corrected chi connectivity index (χ3v) is 7.57. The number of hydrogen-bond donors (Lipinski definition) is 0. The molecule has 1 aromatic heterocycles. The van der Waals surface area contributed by atoms with E-state index in [-0.39, 0.29) is 21.2 Å². The van der Waals surface area contributed by atoms with Gasteiger partial charge in [0.1, 0.15) is 9.96 Å². The van der Waals surface area contributed by atoms with Gasteiger partial charge in [0, 0.05) is 5.56 Å². The highest BCUT2D eigenvalue weighted by Gasteiger charge is 2.32. The number of nitrogens with zero attached hydrogens (tertiary/aromatic N) is 1. The molecule has 8 heteroatoms. The number of carbonyl (C=O) groups excluding carboxylic acids is 2. The van der Waals surface area contributed by atoms with Crippen LogP contribution >= 0.6 is 11.3 Å². The van der Waals surface area contributed by atoms with Gasteiger partial charge in [0.15, 0.2) is 0 Å². The van der Waals surface area contributed by atoms with Crippen LogP contribution in [-0.2, 0) is 10.0 Å². The molecule has 0 saturated carbocycles. The van der Waals surface area contributed by atoms with Crippen molar-refractivity contribution in [2.45, 2.75) is 4.21 Å². The first-order valence-corrected chi connectivity index (χ1v) is 11.8. The van der Waals surface area contributed by atoms with Crippen molar-refractivity contribution in [1.29, 1.82) is 0 Å². The molecule has 0 aliphatic heterocycles. The van der Waals surface area contributed by atoms with E-state index in [1.807, 2.05) is 0 Å². The first-order valence-electron chi connectivity index (χ1n) is 9.52. The summed E-state index contributed by atoms with van der Waals surface area (Å²) in [6.07, 6.45) is 0. The summed E-state index contributed by atoms with van der Waals surface area (Å²) in [6, 6.07) is 25.5. The van der Waals surface area contributed by atoms with Gasteiger partial charge in [-0.2, -0.15) is 12.7 Å². The summed E-state index contributed by atoms with van der Waals surface area (Å²) in [5, 5.41) is 1.63. The summed E-state index contributed by atoms with van der Waals surface area (Å²) in [6.45, 7) is 0. The second-order valence-electron chi connectivity index (χ2n) is 6.62. The van der Waals surface area contributed by atoms with Crippen LogP contribution in [-0.4, -0.2) is 20.3 Å². The van der Waals surface area contributed by atoms with E-state index in [4.69, 9.17) is 4.74 Å². The Hall–Kier alpha value is -3.75. The zero-order chi connectivity index (χ0) is 22.6. The Bertz CT molecular complexity index is 1320. The van der Waals surface area contributed by atoms with Crippen LogP contribution in [0.25, 0.3) is 0 Å². The lowest BCUT2D eigenvalue weighted by Crippen LogP contribution is -2.36. The summed E-state index contributed by atoms with van der Waals surface area (Å²) in [4.78, 5) is 25.5. The Kier molecular flexibility index (Phi) is 6.16. The van der Waals surface area contributed by atoms with E-state index in [9.17, 15) is 18.0 Å². The topological polar surface area (TPSA) is 80.8 Å². The number of thiophene rings is 1. The lowest BCUT2D eigenvalue weighted by Gasteiger charge is -2.22.